The predicted molar refractivity (Wildman–Crippen MR) is 2.06 cm³/mol. The molecule has 0 aliphatic rings. The molecule has 6 heteroatoms. The van der Waals surface area contributed by atoms with Crippen molar-refractivity contribution in [2.45, 2.75) is 0 Å². The first-order valence-electron chi connectivity index (χ1n) is 0.866. The average molecular weight is 244 g/mol. The molecule has 0 rings (SSSR count). The second-order valence-corrected chi connectivity index (χ2v) is 0. The summed E-state index contributed by atoms with van der Waals surface area (Å²) in [7, 11) is 0. The molecule has 3 nitrogen and oxygen atoms in total. The van der Waals surface area contributed by atoms with Crippen molar-refractivity contribution in [1.29, 1.82) is 0 Å². The molecule has 0 aromatic rings. The third kappa shape index (κ3) is 59.6. The molecule has 0 unspecified atom stereocenters. The molecule has 0 fully saturated rings. The van der Waals surface area contributed by atoms with Crippen LogP contribution in [0.15, 0.2) is 0 Å². The predicted octanol–water partition coefficient (Wildman–Crippen LogP) is -0.364. The molecule has 0 radical (unpaired) electrons. The van der Waals surface area contributed by atoms with Crippen molar-refractivity contribution in [2.75, 3.05) is 0 Å². The van der Waals surface area contributed by atoms with E-state index >= 15 is 0 Å². The van der Waals surface area contributed by atoms with Crippen LogP contribution in [0.2, 0.25) is 0 Å². The number of hydrogen-bond acceptors (Lipinski definition) is 3. The van der Waals surface area contributed by atoms with Gasteiger partial charge in [-0.3, -0.25) is 0 Å². The van der Waals surface area contributed by atoms with Gasteiger partial charge in [0.15, 0.2) is 0 Å². The van der Waals surface area contributed by atoms with Gasteiger partial charge in [-0.2, -0.15) is 0 Å². The molecular formula is O3Zn3. The van der Waals surface area contributed by atoms with Gasteiger partial charge in [-0.05, 0) is 0 Å². The fraction of sp³-hybridized carbons (Fsp3) is 0. The van der Waals surface area contributed by atoms with Crippen LogP contribution in [-0.2, 0) is 65.5 Å². The Morgan fingerprint density at radius 3 is 0.500 bits per heavy atom. The molecule has 6 heavy (non-hydrogen) atoms. The molecule has 0 N–H and O–H groups in total. The van der Waals surface area contributed by atoms with Crippen LogP contribution in [-0.4, -0.2) is 0 Å². The van der Waals surface area contributed by atoms with Crippen LogP contribution < -0.4 is 0 Å². The summed E-state index contributed by atoms with van der Waals surface area (Å²) in [5.41, 5.74) is 0. The van der Waals surface area contributed by atoms with Crippen molar-refractivity contribution in [3.8, 4) is 0 Å². The van der Waals surface area contributed by atoms with E-state index in [2.05, 4.69) is 0 Å². The quantitative estimate of drug-likeness (QED) is 0.547. The Bertz CT molecular complexity index is 10.8. The van der Waals surface area contributed by atoms with Gasteiger partial charge in [0, 0.05) is 0 Å². The van der Waals surface area contributed by atoms with Gasteiger partial charge in [0.2, 0.25) is 0 Å². The Morgan fingerprint density at radius 2 is 0.500 bits per heavy atom. The van der Waals surface area contributed by atoms with E-state index < -0.39 is 0 Å². The molecule has 0 heterocycles. The van der Waals surface area contributed by atoms with Gasteiger partial charge in [-0.15, -0.1) is 0 Å². The monoisotopic (exact) mass is 240 g/mol. The summed E-state index contributed by atoms with van der Waals surface area (Å²) >= 11 is 0.375. The summed E-state index contributed by atoms with van der Waals surface area (Å²) in [6.45, 7) is 0. The molecule has 0 aliphatic carbocycles. The minimum absolute atomic E-state index is 0.125. The van der Waals surface area contributed by atoms with Crippen LogP contribution in [0.25, 0.3) is 0 Å². The third-order valence-corrected chi connectivity index (χ3v) is 0. The molecule has 0 bridgehead atoms. The average Bonchev–Trinajstić information content (AvgIpc) is 1.81. The molecule has 0 saturated heterocycles. The first-order valence-corrected chi connectivity index (χ1v) is 4.50. The topological polar surface area (TPSA) is 51.2 Å². The van der Waals surface area contributed by atoms with Gasteiger partial charge in [-0.25, -0.2) is 0 Å². The maximum atomic E-state index is 8.38. The first-order chi connectivity index (χ1) is 3.00. The third-order valence-electron chi connectivity index (χ3n) is 0. The first kappa shape index (κ1) is 15.7. The number of hydrogen-bond donors (Lipinski definition) is 0. The fourth-order valence-electron chi connectivity index (χ4n) is 0. The van der Waals surface area contributed by atoms with E-state index in [1.54, 1.807) is 0 Å². The Hall–Kier alpha value is 1.27. The summed E-state index contributed by atoms with van der Waals surface area (Å²) in [6, 6.07) is 0. The maximum absolute atomic E-state index is 8.38. The van der Waals surface area contributed by atoms with E-state index in [9.17, 15) is 0 Å². The van der Waals surface area contributed by atoms with Gasteiger partial charge in [0.1, 0.15) is 0 Å². The summed E-state index contributed by atoms with van der Waals surface area (Å²) in [5.74, 6) is 0. The van der Waals surface area contributed by atoms with Crippen LogP contribution in [0, 0.1) is 0 Å². The van der Waals surface area contributed by atoms with E-state index in [0.29, 0.717) is 0 Å². The van der Waals surface area contributed by atoms with Crippen LogP contribution in [0.5, 0.6) is 0 Å². The molecule has 0 aliphatic heterocycles. The van der Waals surface area contributed by atoms with Crippen molar-refractivity contribution in [1.82, 2.24) is 0 Å². The van der Waals surface area contributed by atoms with Crippen LogP contribution in [0.4, 0.5) is 0 Å². The van der Waals surface area contributed by atoms with Crippen LogP contribution in [0.1, 0.15) is 0 Å². The van der Waals surface area contributed by atoms with E-state index in [-0.39, 0.29) is 54.8 Å². The zero-order chi connectivity index (χ0) is 6.00. The van der Waals surface area contributed by atoms with Gasteiger partial charge >= 0.3 is 65.5 Å². The second-order valence-electron chi connectivity index (χ2n) is 0. The van der Waals surface area contributed by atoms with Crippen molar-refractivity contribution in [3.63, 3.8) is 0 Å². The van der Waals surface area contributed by atoms with E-state index in [0.717, 1.165) is 0 Å². The van der Waals surface area contributed by atoms with E-state index in [1.165, 1.54) is 0 Å². The van der Waals surface area contributed by atoms with Crippen LogP contribution >= 0.6 is 0 Å². The number of rotatable bonds is 0. The second kappa shape index (κ2) is 108. The molecule has 0 atom stereocenters. The van der Waals surface area contributed by atoms with Crippen LogP contribution in [0.3, 0.4) is 0 Å². The Kier molecular flexibility index (Phi) is 282. The van der Waals surface area contributed by atoms with Gasteiger partial charge in [-0.1, -0.05) is 0 Å². The zero-order valence-electron chi connectivity index (χ0n) is 3.35. The van der Waals surface area contributed by atoms with Crippen molar-refractivity contribution < 1.29 is 65.5 Å². The Balaban J connectivity index is -0.0000000225. The molecular weight excluding hydrogens is 244 g/mol. The van der Waals surface area contributed by atoms with E-state index in [1.807, 2.05) is 0 Å². The van der Waals surface area contributed by atoms with E-state index in [4.69, 9.17) is 10.7 Å². The zero-order valence-corrected chi connectivity index (χ0v) is 12.2. The normalized spacial score (nSPS) is 3.00. The summed E-state index contributed by atoms with van der Waals surface area (Å²) in [4.78, 5) is 0. The minimum atomic E-state index is 0.125. The van der Waals surface area contributed by atoms with Crippen molar-refractivity contribution in [3.05, 3.63) is 0 Å². The summed E-state index contributed by atoms with van der Waals surface area (Å²) in [6.07, 6.45) is 0. The van der Waals surface area contributed by atoms with Gasteiger partial charge < -0.3 is 0 Å². The van der Waals surface area contributed by atoms with Gasteiger partial charge in [0.25, 0.3) is 0 Å². The molecule has 24 valence electrons. The molecule has 0 saturated carbocycles. The SMILES string of the molecule is [O]=[Zn].[O]=[Zn].[O]=[Zn]. The van der Waals surface area contributed by atoms with Crippen molar-refractivity contribution >= 4 is 0 Å². The molecule has 0 aromatic heterocycles. The summed E-state index contributed by atoms with van der Waals surface area (Å²) < 4.78 is 25.1. The molecule has 0 spiro atoms. The Morgan fingerprint density at radius 1 is 0.500 bits per heavy atom. The summed E-state index contributed by atoms with van der Waals surface area (Å²) in [5, 5.41) is 0. The standard InChI is InChI=1S/3O.3Zn. The van der Waals surface area contributed by atoms with Crippen molar-refractivity contribution in [2.24, 2.45) is 0 Å². The molecule has 0 aromatic carbocycles. The Labute approximate surface area is 65.1 Å². The van der Waals surface area contributed by atoms with Gasteiger partial charge in [0.05, 0.1) is 0 Å². The fourth-order valence-corrected chi connectivity index (χ4v) is 0. The molecule has 0 amide bonds.